The van der Waals surface area contributed by atoms with Crippen molar-refractivity contribution in [2.45, 2.75) is 24.2 Å². The first kappa shape index (κ1) is 18.5. The van der Waals surface area contributed by atoms with Crippen LogP contribution in [0.2, 0.25) is 15.1 Å². The molecule has 5 nitrogen and oxygen atoms in total. The summed E-state index contributed by atoms with van der Waals surface area (Å²) in [6.07, 6.45) is 0.804. The van der Waals surface area contributed by atoms with Gasteiger partial charge in [-0.25, -0.2) is 12.7 Å². The van der Waals surface area contributed by atoms with Crippen LogP contribution in [0.1, 0.15) is 19.3 Å². The van der Waals surface area contributed by atoms with Crippen molar-refractivity contribution < 1.29 is 18.3 Å². The highest BCUT2D eigenvalue weighted by atomic mass is 35.5. The minimum atomic E-state index is -3.85. The number of sulfonamides is 1. The molecule has 0 amide bonds. The Morgan fingerprint density at radius 3 is 2.19 bits per heavy atom. The second-order valence-electron chi connectivity index (χ2n) is 4.38. The number of hydrogen-bond acceptors (Lipinski definition) is 3. The molecular formula is C12H14Cl3NO4S. The van der Waals surface area contributed by atoms with Gasteiger partial charge in [-0.05, 0) is 25.0 Å². The first-order valence-corrected chi connectivity index (χ1v) is 8.56. The molecule has 0 heterocycles. The molecule has 0 atom stereocenters. The van der Waals surface area contributed by atoms with Crippen LogP contribution in [-0.2, 0) is 14.8 Å². The van der Waals surface area contributed by atoms with Gasteiger partial charge in [-0.1, -0.05) is 34.8 Å². The van der Waals surface area contributed by atoms with E-state index in [4.69, 9.17) is 39.9 Å². The molecule has 0 bridgehead atoms. The SMILES string of the molecule is CN(CCCCC(=O)O)S(=O)(=O)c1c(Cl)cc(Cl)cc1Cl. The molecule has 21 heavy (non-hydrogen) atoms. The van der Waals surface area contributed by atoms with E-state index in [-0.39, 0.29) is 32.9 Å². The fourth-order valence-corrected chi connectivity index (χ4v) is 4.36. The lowest BCUT2D eigenvalue weighted by atomic mass is 10.2. The van der Waals surface area contributed by atoms with Crippen LogP contribution in [0.5, 0.6) is 0 Å². The fraction of sp³-hybridized carbons (Fsp3) is 0.417. The van der Waals surface area contributed by atoms with Crippen LogP contribution in [0, 0.1) is 0 Å². The Morgan fingerprint density at radius 1 is 1.19 bits per heavy atom. The van der Waals surface area contributed by atoms with E-state index >= 15 is 0 Å². The normalized spacial score (nSPS) is 11.9. The van der Waals surface area contributed by atoms with E-state index in [1.807, 2.05) is 0 Å². The molecule has 1 aromatic carbocycles. The third-order valence-corrected chi connectivity index (χ3v) is 5.74. The van der Waals surface area contributed by atoms with Crippen molar-refractivity contribution in [3.63, 3.8) is 0 Å². The zero-order valence-electron chi connectivity index (χ0n) is 11.1. The lowest BCUT2D eigenvalue weighted by Gasteiger charge is -2.18. The van der Waals surface area contributed by atoms with Gasteiger partial charge in [0.15, 0.2) is 0 Å². The first-order valence-electron chi connectivity index (χ1n) is 5.99. The van der Waals surface area contributed by atoms with Crippen LogP contribution in [0.4, 0.5) is 0 Å². The molecule has 0 saturated heterocycles. The summed E-state index contributed by atoms with van der Waals surface area (Å²) in [5.74, 6) is -0.913. The summed E-state index contributed by atoms with van der Waals surface area (Å²) in [5.41, 5.74) is 0. The molecular weight excluding hydrogens is 361 g/mol. The minimum absolute atomic E-state index is 0.00363. The van der Waals surface area contributed by atoms with Gasteiger partial charge in [0.25, 0.3) is 0 Å². The largest absolute Gasteiger partial charge is 0.481 e. The Balaban J connectivity index is 2.88. The van der Waals surface area contributed by atoms with E-state index in [1.54, 1.807) is 0 Å². The van der Waals surface area contributed by atoms with Gasteiger partial charge >= 0.3 is 5.97 Å². The van der Waals surface area contributed by atoms with Crippen molar-refractivity contribution in [2.24, 2.45) is 0 Å². The van der Waals surface area contributed by atoms with E-state index in [1.165, 1.54) is 19.2 Å². The van der Waals surface area contributed by atoms with Crippen LogP contribution in [0.15, 0.2) is 17.0 Å². The van der Waals surface area contributed by atoms with E-state index < -0.39 is 16.0 Å². The lowest BCUT2D eigenvalue weighted by molar-refractivity contribution is -0.137. The Labute approximate surface area is 138 Å². The quantitative estimate of drug-likeness (QED) is 0.741. The monoisotopic (exact) mass is 373 g/mol. The topological polar surface area (TPSA) is 74.7 Å². The Morgan fingerprint density at radius 2 is 1.71 bits per heavy atom. The molecule has 1 rings (SSSR count). The van der Waals surface area contributed by atoms with Gasteiger partial charge in [0, 0.05) is 25.0 Å². The van der Waals surface area contributed by atoms with Gasteiger partial charge in [0.05, 0.1) is 10.0 Å². The predicted molar refractivity (Wildman–Crippen MR) is 82.8 cm³/mol. The molecule has 1 aromatic rings. The average Bonchev–Trinajstić information content (AvgIpc) is 2.32. The predicted octanol–water partition coefficient (Wildman–Crippen LogP) is 3.52. The van der Waals surface area contributed by atoms with E-state index in [2.05, 4.69) is 0 Å². The molecule has 0 aliphatic rings. The Kier molecular flexibility index (Phi) is 6.74. The van der Waals surface area contributed by atoms with Crippen molar-refractivity contribution in [1.29, 1.82) is 0 Å². The van der Waals surface area contributed by atoms with Crippen molar-refractivity contribution >= 4 is 50.8 Å². The third-order valence-electron chi connectivity index (χ3n) is 2.74. The van der Waals surface area contributed by atoms with Crippen molar-refractivity contribution in [3.8, 4) is 0 Å². The second kappa shape index (κ2) is 7.65. The van der Waals surface area contributed by atoms with Gasteiger partial charge in [-0.15, -0.1) is 0 Å². The zero-order chi connectivity index (χ0) is 16.2. The van der Waals surface area contributed by atoms with E-state index in [0.717, 1.165) is 4.31 Å². The van der Waals surface area contributed by atoms with E-state index in [9.17, 15) is 13.2 Å². The van der Waals surface area contributed by atoms with Crippen LogP contribution >= 0.6 is 34.8 Å². The van der Waals surface area contributed by atoms with Crippen molar-refractivity contribution in [2.75, 3.05) is 13.6 Å². The van der Waals surface area contributed by atoms with Crippen LogP contribution in [0.25, 0.3) is 0 Å². The standard InChI is InChI=1S/C12H14Cl3NO4S/c1-16(5-3-2-4-11(17)18)21(19,20)12-9(14)6-8(13)7-10(12)15/h6-7H,2-5H2,1H3,(H,17,18). The number of carbonyl (C=O) groups is 1. The molecule has 0 radical (unpaired) electrons. The van der Waals surface area contributed by atoms with Crippen LogP contribution < -0.4 is 0 Å². The molecule has 9 heteroatoms. The number of benzene rings is 1. The van der Waals surface area contributed by atoms with Gasteiger partial charge < -0.3 is 5.11 Å². The number of nitrogens with zero attached hydrogens (tertiary/aromatic N) is 1. The smallest absolute Gasteiger partial charge is 0.303 e. The summed E-state index contributed by atoms with van der Waals surface area (Å²) in [6, 6.07) is 2.61. The maximum Gasteiger partial charge on any atom is 0.303 e. The summed E-state index contributed by atoms with van der Waals surface area (Å²) < 4.78 is 25.9. The fourth-order valence-electron chi connectivity index (χ4n) is 1.66. The number of unbranched alkanes of at least 4 members (excludes halogenated alkanes) is 1. The van der Waals surface area contributed by atoms with Gasteiger partial charge in [0.2, 0.25) is 10.0 Å². The molecule has 0 aliphatic heterocycles. The molecule has 0 aliphatic carbocycles. The number of aliphatic carboxylic acids is 1. The number of hydrogen-bond donors (Lipinski definition) is 1. The summed E-state index contributed by atoms with van der Waals surface area (Å²) in [5, 5.41) is 8.68. The maximum atomic E-state index is 12.4. The molecule has 1 N–H and O–H groups in total. The summed E-state index contributed by atoms with van der Waals surface area (Å²) >= 11 is 17.6. The zero-order valence-corrected chi connectivity index (χ0v) is 14.2. The summed E-state index contributed by atoms with van der Waals surface area (Å²) in [4.78, 5) is 10.2. The van der Waals surface area contributed by atoms with Gasteiger partial charge in [-0.3, -0.25) is 4.79 Å². The molecule has 0 saturated carbocycles. The third kappa shape index (κ3) is 5.00. The Bertz CT molecular complexity index is 610. The number of carboxylic acids is 1. The number of rotatable bonds is 7. The van der Waals surface area contributed by atoms with Gasteiger partial charge in [0.1, 0.15) is 4.90 Å². The molecule has 0 spiro atoms. The number of halogens is 3. The highest BCUT2D eigenvalue weighted by molar-refractivity contribution is 7.89. The average molecular weight is 375 g/mol. The molecule has 0 aromatic heterocycles. The molecule has 0 fully saturated rings. The minimum Gasteiger partial charge on any atom is -0.481 e. The highest BCUT2D eigenvalue weighted by Gasteiger charge is 2.26. The summed E-state index contributed by atoms with van der Waals surface area (Å²) in [6.45, 7) is 0.172. The van der Waals surface area contributed by atoms with E-state index in [0.29, 0.717) is 12.8 Å². The van der Waals surface area contributed by atoms with Crippen molar-refractivity contribution in [1.82, 2.24) is 4.31 Å². The molecule has 0 unspecified atom stereocenters. The van der Waals surface area contributed by atoms with Gasteiger partial charge in [-0.2, -0.15) is 0 Å². The van der Waals surface area contributed by atoms with Crippen LogP contribution in [-0.4, -0.2) is 37.4 Å². The summed E-state index contributed by atoms with van der Waals surface area (Å²) in [7, 11) is -2.47. The lowest BCUT2D eigenvalue weighted by Crippen LogP contribution is -2.28. The van der Waals surface area contributed by atoms with Crippen molar-refractivity contribution in [3.05, 3.63) is 27.2 Å². The number of carboxylic acid groups (broad SMARTS) is 1. The molecule has 118 valence electrons. The van der Waals surface area contributed by atoms with Crippen LogP contribution in [0.3, 0.4) is 0 Å². The highest BCUT2D eigenvalue weighted by Crippen LogP contribution is 2.34. The maximum absolute atomic E-state index is 12.4. The second-order valence-corrected chi connectivity index (χ2v) is 7.61. The Hall–Kier alpha value is -0.530. The first-order chi connectivity index (χ1) is 9.66.